The van der Waals surface area contributed by atoms with Crippen LogP contribution in [0, 0.1) is 0 Å². The number of hydrogen-bond acceptors (Lipinski definition) is 2. The number of β-lactam (4-membered cyclic amide) rings is 1. The highest BCUT2D eigenvalue weighted by Gasteiger charge is 2.31. The first-order valence-corrected chi connectivity index (χ1v) is 4.38. The molecule has 0 spiro atoms. The minimum atomic E-state index is 0. The maximum absolute atomic E-state index is 11.0. The zero-order valence-corrected chi connectivity index (χ0v) is 7.90. The summed E-state index contributed by atoms with van der Waals surface area (Å²) < 4.78 is 0. The summed E-state index contributed by atoms with van der Waals surface area (Å²) in [5, 5.41) is 3.29. The number of nitrogens with one attached hydrogen (secondary N) is 1. The molecule has 2 fully saturated rings. The second kappa shape index (κ2) is 4.10. The predicted octanol–water partition coefficient (Wildman–Crippen LogP) is 0.392. The van der Waals surface area contributed by atoms with Gasteiger partial charge in [-0.05, 0) is 25.9 Å². The van der Waals surface area contributed by atoms with E-state index in [-0.39, 0.29) is 12.4 Å². The van der Waals surface area contributed by atoms with Crippen molar-refractivity contribution < 1.29 is 4.79 Å². The van der Waals surface area contributed by atoms with Gasteiger partial charge in [0.05, 0.1) is 0 Å². The summed E-state index contributed by atoms with van der Waals surface area (Å²) in [4.78, 5) is 13.1. The Bertz CT molecular complexity index is 168. The van der Waals surface area contributed by atoms with Crippen molar-refractivity contribution in [3.05, 3.63) is 0 Å². The molecule has 4 heteroatoms. The average Bonchev–Trinajstić information content (AvgIpc) is 2.04. The monoisotopic (exact) mass is 190 g/mol. The first-order chi connectivity index (χ1) is 5.38. The predicted molar refractivity (Wildman–Crippen MR) is 49.5 cm³/mol. The fourth-order valence-corrected chi connectivity index (χ4v) is 1.84. The minimum absolute atomic E-state index is 0. The Morgan fingerprint density at radius 3 is 2.42 bits per heavy atom. The molecule has 0 atom stereocenters. The Labute approximate surface area is 78.9 Å². The van der Waals surface area contributed by atoms with Crippen LogP contribution in [0.2, 0.25) is 0 Å². The molecule has 2 heterocycles. The van der Waals surface area contributed by atoms with Crippen LogP contribution in [0.4, 0.5) is 0 Å². The second-order valence-corrected chi connectivity index (χ2v) is 3.32. The number of likely N-dealkylation sites (tertiary alicyclic amines) is 1. The lowest BCUT2D eigenvalue weighted by Gasteiger charge is -2.40. The van der Waals surface area contributed by atoms with Gasteiger partial charge in [0.25, 0.3) is 0 Å². The summed E-state index contributed by atoms with van der Waals surface area (Å²) in [7, 11) is 0. The van der Waals surface area contributed by atoms with Gasteiger partial charge in [-0.25, -0.2) is 0 Å². The molecule has 2 saturated heterocycles. The van der Waals surface area contributed by atoms with Gasteiger partial charge in [0, 0.05) is 19.0 Å². The third-order valence-electron chi connectivity index (χ3n) is 2.64. The zero-order valence-electron chi connectivity index (χ0n) is 7.08. The summed E-state index contributed by atoms with van der Waals surface area (Å²) in [6.45, 7) is 3.16. The SMILES string of the molecule is Cl.O=C1CCN1C1CCNCC1. The fourth-order valence-electron chi connectivity index (χ4n) is 1.84. The molecule has 2 rings (SSSR count). The molecule has 1 amide bonds. The number of amides is 1. The van der Waals surface area contributed by atoms with Gasteiger partial charge in [-0.1, -0.05) is 0 Å². The van der Waals surface area contributed by atoms with Crippen molar-refractivity contribution in [3.63, 3.8) is 0 Å². The summed E-state index contributed by atoms with van der Waals surface area (Å²) in [6, 6.07) is 0.553. The van der Waals surface area contributed by atoms with E-state index >= 15 is 0 Å². The second-order valence-electron chi connectivity index (χ2n) is 3.32. The van der Waals surface area contributed by atoms with Crippen LogP contribution in [0.3, 0.4) is 0 Å². The van der Waals surface area contributed by atoms with Gasteiger partial charge in [0.1, 0.15) is 0 Å². The van der Waals surface area contributed by atoms with Crippen molar-refractivity contribution in [1.82, 2.24) is 10.2 Å². The van der Waals surface area contributed by atoms with Gasteiger partial charge < -0.3 is 10.2 Å². The molecule has 0 aromatic carbocycles. The van der Waals surface area contributed by atoms with Crippen molar-refractivity contribution in [2.75, 3.05) is 19.6 Å². The number of nitrogens with zero attached hydrogens (tertiary/aromatic N) is 1. The van der Waals surface area contributed by atoms with E-state index in [0.29, 0.717) is 11.9 Å². The van der Waals surface area contributed by atoms with Gasteiger partial charge in [-0.2, -0.15) is 0 Å². The molecule has 0 saturated carbocycles. The largest absolute Gasteiger partial charge is 0.339 e. The molecule has 0 aromatic rings. The Kier molecular flexibility index (Phi) is 3.35. The topological polar surface area (TPSA) is 32.3 Å². The molecule has 0 bridgehead atoms. The van der Waals surface area contributed by atoms with E-state index in [1.165, 1.54) is 0 Å². The Morgan fingerprint density at radius 1 is 1.33 bits per heavy atom. The summed E-state index contributed by atoms with van der Waals surface area (Å²) in [5.41, 5.74) is 0. The molecule has 0 aromatic heterocycles. The maximum Gasteiger partial charge on any atom is 0.224 e. The zero-order chi connectivity index (χ0) is 7.68. The van der Waals surface area contributed by atoms with Crippen molar-refractivity contribution >= 4 is 18.3 Å². The van der Waals surface area contributed by atoms with Gasteiger partial charge in [0.2, 0.25) is 5.91 Å². The first-order valence-electron chi connectivity index (χ1n) is 4.38. The molecule has 70 valence electrons. The third-order valence-corrected chi connectivity index (χ3v) is 2.64. The highest BCUT2D eigenvalue weighted by atomic mass is 35.5. The van der Waals surface area contributed by atoms with E-state index in [2.05, 4.69) is 5.32 Å². The Hall–Kier alpha value is -0.280. The number of carbonyl (C=O) groups excluding carboxylic acids is 1. The first kappa shape index (κ1) is 9.81. The summed E-state index contributed by atoms with van der Waals surface area (Å²) in [5.74, 6) is 0.358. The molecule has 2 aliphatic heterocycles. The van der Waals surface area contributed by atoms with Crippen LogP contribution in [0.25, 0.3) is 0 Å². The molecule has 1 N–H and O–H groups in total. The van der Waals surface area contributed by atoms with Crippen molar-refractivity contribution in [3.8, 4) is 0 Å². The van der Waals surface area contributed by atoms with E-state index in [1.54, 1.807) is 0 Å². The van der Waals surface area contributed by atoms with E-state index in [0.717, 1.165) is 38.9 Å². The fraction of sp³-hybridized carbons (Fsp3) is 0.875. The smallest absolute Gasteiger partial charge is 0.224 e. The van der Waals surface area contributed by atoms with Crippen LogP contribution in [0.1, 0.15) is 19.3 Å². The molecule has 2 aliphatic rings. The Morgan fingerprint density at radius 2 is 2.00 bits per heavy atom. The van der Waals surface area contributed by atoms with Crippen LogP contribution in [-0.2, 0) is 4.79 Å². The number of rotatable bonds is 1. The van der Waals surface area contributed by atoms with Crippen molar-refractivity contribution in [2.24, 2.45) is 0 Å². The van der Waals surface area contributed by atoms with Crippen molar-refractivity contribution in [2.45, 2.75) is 25.3 Å². The van der Waals surface area contributed by atoms with Crippen LogP contribution in [0.5, 0.6) is 0 Å². The molecule has 0 radical (unpaired) electrons. The standard InChI is InChI=1S/C8H14N2O.ClH/c11-8-3-6-10(8)7-1-4-9-5-2-7;/h7,9H,1-6H2;1H. The van der Waals surface area contributed by atoms with Gasteiger partial charge in [-0.3, -0.25) is 4.79 Å². The molecule has 3 nitrogen and oxygen atoms in total. The van der Waals surface area contributed by atoms with E-state index in [9.17, 15) is 4.79 Å². The van der Waals surface area contributed by atoms with Gasteiger partial charge in [-0.15, -0.1) is 12.4 Å². The number of piperidine rings is 1. The van der Waals surface area contributed by atoms with E-state index in [1.807, 2.05) is 4.90 Å². The lowest BCUT2D eigenvalue weighted by atomic mass is 10.0. The van der Waals surface area contributed by atoms with Crippen LogP contribution < -0.4 is 5.32 Å². The number of carbonyl (C=O) groups is 1. The van der Waals surface area contributed by atoms with E-state index < -0.39 is 0 Å². The summed E-state index contributed by atoms with van der Waals surface area (Å²) >= 11 is 0. The van der Waals surface area contributed by atoms with Crippen LogP contribution in [0.15, 0.2) is 0 Å². The molecular weight excluding hydrogens is 176 g/mol. The van der Waals surface area contributed by atoms with Gasteiger partial charge >= 0.3 is 0 Å². The van der Waals surface area contributed by atoms with Crippen molar-refractivity contribution in [1.29, 1.82) is 0 Å². The Balaban J connectivity index is 0.000000720. The normalized spacial score (nSPS) is 24.7. The lowest BCUT2D eigenvalue weighted by Crippen LogP contribution is -2.53. The van der Waals surface area contributed by atoms with E-state index in [4.69, 9.17) is 0 Å². The lowest BCUT2D eigenvalue weighted by molar-refractivity contribution is -0.143. The number of halogens is 1. The molecule has 12 heavy (non-hydrogen) atoms. The van der Waals surface area contributed by atoms with Crippen LogP contribution in [-0.4, -0.2) is 36.5 Å². The quantitative estimate of drug-likeness (QED) is 0.607. The third kappa shape index (κ3) is 1.72. The average molecular weight is 191 g/mol. The number of hydrogen-bond donors (Lipinski definition) is 1. The maximum atomic E-state index is 11.0. The van der Waals surface area contributed by atoms with Gasteiger partial charge in [0.15, 0.2) is 0 Å². The highest BCUT2D eigenvalue weighted by Crippen LogP contribution is 2.19. The highest BCUT2D eigenvalue weighted by molar-refractivity contribution is 5.85. The summed E-state index contributed by atoms with van der Waals surface area (Å²) in [6.07, 6.45) is 3.07. The minimum Gasteiger partial charge on any atom is -0.339 e. The van der Waals surface area contributed by atoms with Crippen LogP contribution >= 0.6 is 12.4 Å². The molecule has 0 unspecified atom stereocenters. The molecule has 0 aliphatic carbocycles. The molecular formula is C8H15ClN2O.